The van der Waals surface area contributed by atoms with Crippen molar-refractivity contribution >= 4 is 60.5 Å². The van der Waals surface area contributed by atoms with E-state index in [2.05, 4.69) is 144 Å². The van der Waals surface area contributed by atoms with E-state index in [4.69, 9.17) is 4.42 Å². The lowest BCUT2D eigenvalue weighted by molar-refractivity contribution is 0.669. The van der Waals surface area contributed by atoms with Gasteiger partial charge in [-0.15, -0.1) is 0 Å². The molecular weight excluding hydrogens is 486 g/mol. The summed E-state index contributed by atoms with van der Waals surface area (Å²) in [4.78, 5) is 2.36. The molecule has 8 aromatic rings. The number of hydrogen-bond donors (Lipinski definition) is 0. The third kappa shape index (κ3) is 3.58. The Morgan fingerprint density at radius 2 is 1.02 bits per heavy atom. The first kappa shape index (κ1) is 22.6. The van der Waals surface area contributed by atoms with Crippen LogP contribution in [0, 0.1) is 0 Å². The van der Waals surface area contributed by atoms with Gasteiger partial charge in [0.25, 0.3) is 0 Å². The molecule has 0 atom stereocenters. The van der Waals surface area contributed by atoms with Crippen LogP contribution >= 0.6 is 0 Å². The van der Waals surface area contributed by atoms with Gasteiger partial charge < -0.3 is 9.32 Å². The molecule has 1 heterocycles. The number of hydrogen-bond acceptors (Lipinski definition) is 2. The van der Waals surface area contributed by atoms with Gasteiger partial charge in [0, 0.05) is 21.8 Å². The van der Waals surface area contributed by atoms with Crippen molar-refractivity contribution in [1.82, 2.24) is 0 Å². The largest absolute Gasteiger partial charge is 0.454 e. The molecule has 0 aliphatic carbocycles. The molecule has 2 nitrogen and oxygen atoms in total. The minimum absolute atomic E-state index is 0.882. The van der Waals surface area contributed by atoms with Crippen LogP contribution in [-0.4, -0.2) is 0 Å². The van der Waals surface area contributed by atoms with Gasteiger partial charge >= 0.3 is 0 Å². The van der Waals surface area contributed by atoms with E-state index in [1.807, 2.05) is 12.1 Å². The summed E-state index contributed by atoms with van der Waals surface area (Å²) >= 11 is 0. The highest BCUT2D eigenvalue weighted by atomic mass is 16.3. The maximum absolute atomic E-state index is 6.56. The van der Waals surface area contributed by atoms with Crippen molar-refractivity contribution in [2.24, 2.45) is 0 Å². The second kappa shape index (κ2) is 9.14. The highest BCUT2D eigenvalue weighted by Crippen LogP contribution is 2.45. The molecule has 0 saturated carbocycles. The van der Waals surface area contributed by atoms with E-state index in [1.165, 1.54) is 32.7 Å². The third-order valence-corrected chi connectivity index (χ3v) is 7.85. The molecular formula is C38H25NO. The van der Waals surface area contributed by atoms with E-state index in [-0.39, 0.29) is 0 Å². The summed E-state index contributed by atoms with van der Waals surface area (Å²) in [6, 6.07) is 53.7. The fraction of sp³-hybridized carbons (Fsp3) is 0. The Hall–Kier alpha value is -5.34. The van der Waals surface area contributed by atoms with Crippen LogP contribution in [-0.2, 0) is 0 Å². The van der Waals surface area contributed by atoms with Crippen LogP contribution in [0.2, 0.25) is 0 Å². The molecule has 0 aliphatic rings. The molecule has 0 unspecified atom stereocenters. The molecule has 1 aromatic heterocycles. The van der Waals surface area contributed by atoms with E-state index in [9.17, 15) is 0 Å². The summed E-state index contributed by atoms with van der Waals surface area (Å²) in [5, 5.41) is 7.13. The standard InChI is InChI=1S/C38H25NO/c1-2-10-26(11-3-1)27-22-24-30(25-23-27)39(35-18-9-16-33-32-15-6-7-19-36(32)40-38(33)35)34-17-8-13-29-21-20-28-12-4-5-14-31(28)37(29)34/h1-25H. The summed E-state index contributed by atoms with van der Waals surface area (Å²) in [7, 11) is 0. The van der Waals surface area contributed by atoms with Crippen molar-refractivity contribution in [3.63, 3.8) is 0 Å². The Bertz CT molecular complexity index is 2160. The number of anilines is 3. The second-order valence-electron chi connectivity index (χ2n) is 10.2. The van der Waals surface area contributed by atoms with Crippen LogP contribution in [0.15, 0.2) is 156 Å². The van der Waals surface area contributed by atoms with Crippen LogP contribution in [0.4, 0.5) is 17.1 Å². The fourth-order valence-corrected chi connectivity index (χ4v) is 5.98. The van der Waals surface area contributed by atoms with Gasteiger partial charge in [0.1, 0.15) is 5.58 Å². The Morgan fingerprint density at radius 1 is 0.400 bits per heavy atom. The lowest BCUT2D eigenvalue weighted by Crippen LogP contribution is -2.11. The Balaban J connectivity index is 1.43. The minimum atomic E-state index is 0.882. The molecule has 0 amide bonds. The fourth-order valence-electron chi connectivity index (χ4n) is 5.98. The average molecular weight is 512 g/mol. The lowest BCUT2D eigenvalue weighted by Gasteiger charge is -2.27. The van der Waals surface area contributed by atoms with Crippen molar-refractivity contribution in [2.75, 3.05) is 4.90 Å². The minimum Gasteiger partial charge on any atom is -0.454 e. The van der Waals surface area contributed by atoms with Gasteiger partial charge in [-0.1, -0.05) is 121 Å². The van der Waals surface area contributed by atoms with Gasteiger partial charge in [0.2, 0.25) is 0 Å². The quantitative estimate of drug-likeness (QED) is 0.218. The number of para-hydroxylation sites is 2. The zero-order chi connectivity index (χ0) is 26.5. The summed E-state index contributed by atoms with van der Waals surface area (Å²) < 4.78 is 6.56. The average Bonchev–Trinajstić information content (AvgIpc) is 3.41. The molecule has 7 aromatic carbocycles. The van der Waals surface area contributed by atoms with E-state index in [0.29, 0.717) is 0 Å². The van der Waals surface area contributed by atoms with Crippen LogP contribution in [0.3, 0.4) is 0 Å². The van der Waals surface area contributed by atoms with E-state index in [1.54, 1.807) is 0 Å². The first-order valence-corrected chi connectivity index (χ1v) is 13.6. The van der Waals surface area contributed by atoms with Crippen molar-refractivity contribution in [3.05, 3.63) is 152 Å². The van der Waals surface area contributed by atoms with Crippen LogP contribution < -0.4 is 4.90 Å². The number of nitrogens with zero attached hydrogens (tertiary/aromatic N) is 1. The lowest BCUT2D eigenvalue weighted by atomic mass is 9.99. The summed E-state index contributed by atoms with van der Waals surface area (Å²) in [5.74, 6) is 0. The maximum atomic E-state index is 6.56. The smallest absolute Gasteiger partial charge is 0.159 e. The molecule has 0 saturated heterocycles. The molecule has 0 bridgehead atoms. The molecule has 0 spiro atoms. The predicted molar refractivity (Wildman–Crippen MR) is 169 cm³/mol. The predicted octanol–water partition coefficient (Wildman–Crippen LogP) is 11.0. The van der Waals surface area contributed by atoms with Crippen molar-refractivity contribution < 1.29 is 4.42 Å². The Morgan fingerprint density at radius 3 is 1.90 bits per heavy atom. The molecule has 0 radical (unpaired) electrons. The van der Waals surface area contributed by atoms with Gasteiger partial charge in [-0.25, -0.2) is 0 Å². The van der Waals surface area contributed by atoms with Crippen molar-refractivity contribution in [1.29, 1.82) is 0 Å². The monoisotopic (exact) mass is 511 g/mol. The Labute approximate surface area is 232 Å². The number of rotatable bonds is 4. The van der Waals surface area contributed by atoms with Gasteiger partial charge in [-0.3, -0.25) is 0 Å². The van der Waals surface area contributed by atoms with Gasteiger partial charge in [0.05, 0.1) is 11.4 Å². The molecule has 0 N–H and O–H groups in total. The molecule has 188 valence electrons. The summed E-state index contributed by atoms with van der Waals surface area (Å²) in [5.41, 5.74) is 7.39. The van der Waals surface area contributed by atoms with Crippen LogP contribution in [0.5, 0.6) is 0 Å². The van der Waals surface area contributed by atoms with E-state index in [0.717, 1.165) is 39.0 Å². The highest BCUT2D eigenvalue weighted by Gasteiger charge is 2.21. The third-order valence-electron chi connectivity index (χ3n) is 7.85. The molecule has 0 aliphatic heterocycles. The zero-order valence-electron chi connectivity index (χ0n) is 21.8. The number of furan rings is 1. The van der Waals surface area contributed by atoms with E-state index >= 15 is 0 Å². The first-order valence-electron chi connectivity index (χ1n) is 13.6. The SMILES string of the molecule is c1ccc(-c2ccc(N(c3cccc4c3oc3ccccc34)c3cccc4ccc5ccccc5c34)cc2)cc1. The van der Waals surface area contributed by atoms with E-state index < -0.39 is 0 Å². The molecule has 8 rings (SSSR count). The summed E-state index contributed by atoms with van der Waals surface area (Å²) in [6.45, 7) is 0. The van der Waals surface area contributed by atoms with Crippen LogP contribution in [0.1, 0.15) is 0 Å². The summed E-state index contributed by atoms with van der Waals surface area (Å²) in [6.07, 6.45) is 0. The molecule has 40 heavy (non-hydrogen) atoms. The van der Waals surface area contributed by atoms with Gasteiger partial charge in [-0.05, 0) is 57.6 Å². The van der Waals surface area contributed by atoms with Crippen molar-refractivity contribution in [3.8, 4) is 11.1 Å². The molecule has 0 fully saturated rings. The maximum Gasteiger partial charge on any atom is 0.159 e. The highest BCUT2D eigenvalue weighted by molar-refractivity contribution is 6.17. The molecule has 2 heteroatoms. The first-order chi connectivity index (χ1) is 19.8. The van der Waals surface area contributed by atoms with Crippen LogP contribution in [0.25, 0.3) is 54.6 Å². The normalized spacial score (nSPS) is 11.5. The van der Waals surface area contributed by atoms with Crippen molar-refractivity contribution in [2.45, 2.75) is 0 Å². The van der Waals surface area contributed by atoms with Gasteiger partial charge in [-0.2, -0.15) is 0 Å². The second-order valence-corrected chi connectivity index (χ2v) is 10.2. The zero-order valence-corrected chi connectivity index (χ0v) is 21.8. The number of fused-ring (bicyclic) bond motifs is 6. The van der Waals surface area contributed by atoms with Gasteiger partial charge in [0.15, 0.2) is 5.58 Å². The Kier molecular flexibility index (Phi) is 5.17. The topological polar surface area (TPSA) is 16.4 Å². The number of benzene rings is 7.